The van der Waals surface area contributed by atoms with Gasteiger partial charge in [0.1, 0.15) is 10.7 Å². The zero-order valence-electron chi connectivity index (χ0n) is 18.3. The van der Waals surface area contributed by atoms with Crippen molar-refractivity contribution in [3.63, 3.8) is 0 Å². The second kappa shape index (κ2) is 9.24. The molecule has 1 saturated heterocycles. The fourth-order valence-corrected chi connectivity index (χ4v) is 5.91. The van der Waals surface area contributed by atoms with E-state index in [1.165, 1.54) is 22.5 Å². The number of hydrogen-bond acceptors (Lipinski definition) is 4. The Hall–Kier alpha value is -2.75. The highest BCUT2D eigenvalue weighted by atomic mass is 35.5. The van der Waals surface area contributed by atoms with Crippen LogP contribution >= 0.6 is 11.6 Å². The van der Waals surface area contributed by atoms with Gasteiger partial charge < -0.3 is 4.90 Å². The lowest BCUT2D eigenvalue weighted by molar-refractivity contribution is -0.131. The van der Waals surface area contributed by atoms with Crippen LogP contribution in [0, 0.1) is 19.7 Å². The predicted molar refractivity (Wildman–Crippen MR) is 123 cm³/mol. The van der Waals surface area contributed by atoms with Gasteiger partial charge >= 0.3 is 0 Å². The average molecular weight is 491 g/mol. The van der Waals surface area contributed by atoms with Gasteiger partial charge in [-0.1, -0.05) is 23.7 Å². The minimum Gasteiger partial charge on any atom is -0.340 e. The van der Waals surface area contributed by atoms with Gasteiger partial charge in [0.25, 0.3) is 0 Å². The first-order valence-electron chi connectivity index (χ1n) is 10.5. The zero-order chi connectivity index (χ0) is 23.8. The van der Waals surface area contributed by atoms with Gasteiger partial charge in [-0.25, -0.2) is 17.5 Å². The number of benzene rings is 2. The first-order chi connectivity index (χ1) is 15.7. The number of carbonyl (C=O) groups is 1. The molecule has 1 fully saturated rings. The number of hydrogen-bond donors (Lipinski definition) is 0. The summed E-state index contributed by atoms with van der Waals surface area (Å²) in [5.74, 6) is -0.416. The second-order valence-electron chi connectivity index (χ2n) is 7.93. The van der Waals surface area contributed by atoms with Crippen LogP contribution in [-0.2, 0) is 21.2 Å². The van der Waals surface area contributed by atoms with E-state index in [0.717, 1.165) is 17.0 Å². The maximum absolute atomic E-state index is 13.3. The molecule has 1 amide bonds. The summed E-state index contributed by atoms with van der Waals surface area (Å²) in [6.45, 7) is 4.71. The van der Waals surface area contributed by atoms with E-state index >= 15 is 0 Å². The molecule has 10 heteroatoms. The first-order valence-corrected chi connectivity index (χ1v) is 12.3. The van der Waals surface area contributed by atoms with E-state index in [0.29, 0.717) is 18.8 Å². The molecular weight excluding hydrogens is 467 g/mol. The molecule has 0 N–H and O–H groups in total. The molecule has 1 aliphatic heterocycles. The third kappa shape index (κ3) is 4.66. The van der Waals surface area contributed by atoms with E-state index in [1.807, 2.05) is 13.8 Å². The quantitative estimate of drug-likeness (QED) is 0.549. The third-order valence-electron chi connectivity index (χ3n) is 5.89. The molecule has 0 atom stereocenters. The molecule has 3 aromatic rings. The van der Waals surface area contributed by atoms with Crippen LogP contribution in [0.3, 0.4) is 0 Å². The molecule has 2 heterocycles. The molecule has 1 aromatic heterocycles. The van der Waals surface area contributed by atoms with Crippen molar-refractivity contribution >= 4 is 27.5 Å². The third-order valence-corrected chi connectivity index (χ3v) is 8.28. The van der Waals surface area contributed by atoms with Crippen LogP contribution in [0.5, 0.6) is 0 Å². The van der Waals surface area contributed by atoms with Gasteiger partial charge in [-0.3, -0.25) is 4.79 Å². The highest BCUT2D eigenvalue weighted by Gasteiger charge is 2.31. The fraction of sp³-hybridized carbons (Fsp3) is 0.304. The highest BCUT2D eigenvalue weighted by molar-refractivity contribution is 7.89. The minimum atomic E-state index is -3.72. The van der Waals surface area contributed by atoms with E-state index < -0.39 is 10.0 Å². The van der Waals surface area contributed by atoms with Crippen LogP contribution in [0.4, 0.5) is 4.39 Å². The van der Waals surface area contributed by atoms with Crippen molar-refractivity contribution in [2.45, 2.75) is 25.2 Å². The molecular formula is C23H24ClFN4O3S. The molecule has 0 spiro atoms. The summed E-state index contributed by atoms with van der Waals surface area (Å²) >= 11 is 6.08. The fourth-order valence-electron chi connectivity index (χ4n) is 4.00. The Balaban J connectivity index is 1.44. The molecule has 2 aromatic carbocycles. The lowest BCUT2D eigenvalue weighted by Crippen LogP contribution is -2.50. The number of halogens is 2. The van der Waals surface area contributed by atoms with Crippen molar-refractivity contribution in [3.05, 3.63) is 76.3 Å². The number of carbonyl (C=O) groups excluding carboxylic acids is 1. The molecule has 0 radical (unpaired) electrons. The van der Waals surface area contributed by atoms with Crippen LogP contribution in [0.2, 0.25) is 5.02 Å². The minimum absolute atomic E-state index is 0.0749. The lowest BCUT2D eigenvalue weighted by Gasteiger charge is -2.34. The summed E-state index contributed by atoms with van der Waals surface area (Å²) in [5, 5.41) is 4.70. The van der Waals surface area contributed by atoms with Crippen LogP contribution in [0.1, 0.15) is 17.0 Å². The summed E-state index contributed by atoms with van der Waals surface area (Å²) in [5.41, 5.74) is 3.07. The van der Waals surface area contributed by atoms with Crippen molar-refractivity contribution in [2.24, 2.45) is 0 Å². The molecule has 0 saturated carbocycles. The second-order valence-corrected chi connectivity index (χ2v) is 10.2. The smallest absolute Gasteiger partial charge is 0.244 e. The Bertz CT molecular complexity index is 1280. The van der Waals surface area contributed by atoms with Gasteiger partial charge in [0, 0.05) is 37.4 Å². The first kappa shape index (κ1) is 23.4. The molecule has 1 aliphatic rings. The molecule has 0 aliphatic carbocycles. The maximum atomic E-state index is 13.3. The predicted octanol–water partition coefficient (Wildman–Crippen LogP) is 3.36. The van der Waals surface area contributed by atoms with E-state index in [4.69, 9.17) is 11.6 Å². The van der Waals surface area contributed by atoms with Crippen molar-refractivity contribution < 1.29 is 17.6 Å². The highest BCUT2D eigenvalue weighted by Crippen LogP contribution is 2.25. The van der Waals surface area contributed by atoms with Crippen LogP contribution in [0.15, 0.2) is 53.4 Å². The molecule has 33 heavy (non-hydrogen) atoms. The number of aryl methyl sites for hydroxylation is 1. The molecule has 7 nitrogen and oxygen atoms in total. The zero-order valence-corrected chi connectivity index (χ0v) is 19.9. The molecule has 4 rings (SSSR count). The van der Waals surface area contributed by atoms with Gasteiger partial charge in [-0.05, 0) is 50.2 Å². The standard InChI is InChI=1S/C23H24ClFN4O3S/c1-16-20(17(2)29(26-16)19-9-7-18(25)8-10-19)15-23(30)27-11-13-28(14-12-27)33(31,32)22-6-4-3-5-21(22)24/h3-10H,11-15H2,1-2H3. The molecule has 0 bridgehead atoms. The Morgan fingerprint density at radius 1 is 1.03 bits per heavy atom. The number of rotatable bonds is 5. The van der Waals surface area contributed by atoms with Crippen molar-refractivity contribution in [2.75, 3.05) is 26.2 Å². The topological polar surface area (TPSA) is 75.5 Å². The summed E-state index contributed by atoms with van der Waals surface area (Å²) in [6.07, 6.45) is 0.163. The SMILES string of the molecule is Cc1nn(-c2ccc(F)cc2)c(C)c1CC(=O)N1CCN(S(=O)(=O)c2ccccc2Cl)CC1. The summed E-state index contributed by atoms with van der Waals surface area (Å²) in [7, 11) is -3.72. The van der Waals surface area contributed by atoms with Crippen LogP contribution in [-0.4, -0.2) is 59.5 Å². The Kier molecular flexibility index (Phi) is 6.56. The number of nitrogens with zero attached hydrogens (tertiary/aromatic N) is 4. The lowest BCUT2D eigenvalue weighted by atomic mass is 10.1. The van der Waals surface area contributed by atoms with E-state index in [1.54, 1.807) is 39.9 Å². The number of sulfonamides is 1. The normalized spacial score (nSPS) is 15.1. The van der Waals surface area contributed by atoms with E-state index in [-0.39, 0.29) is 41.2 Å². The Morgan fingerprint density at radius 2 is 1.67 bits per heavy atom. The summed E-state index contributed by atoms with van der Waals surface area (Å²) < 4.78 is 42.2. The van der Waals surface area contributed by atoms with Crippen LogP contribution < -0.4 is 0 Å². The van der Waals surface area contributed by atoms with Crippen molar-refractivity contribution in [1.29, 1.82) is 0 Å². The summed E-state index contributed by atoms with van der Waals surface area (Å²) in [6, 6.07) is 12.4. The van der Waals surface area contributed by atoms with Gasteiger partial charge in [0.05, 0.1) is 22.8 Å². The van der Waals surface area contributed by atoms with Gasteiger partial charge in [0.15, 0.2) is 0 Å². The Morgan fingerprint density at radius 3 is 2.30 bits per heavy atom. The largest absolute Gasteiger partial charge is 0.340 e. The van der Waals surface area contributed by atoms with E-state index in [9.17, 15) is 17.6 Å². The van der Waals surface area contributed by atoms with Gasteiger partial charge in [-0.15, -0.1) is 0 Å². The number of amides is 1. The van der Waals surface area contributed by atoms with Gasteiger partial charge in [-0.2, -0.15) is 9.40 Å². The van der Waals surface area contributed by atoms with Crippen LogP contribution in [0.25, 0.3) is 5.69 Å². The average Bonchev–Trinajstić information content (AvgIpc) is 3.08. The summed E-state index contributed by atoms with van der Waals surface area (Å²) in [4.78, 5) is 14.7. The van der Waals surface area contributed by atoms with Crippen molar-refractivity contribution in [3.8, 4) is 5.69 Å². The maximum Gasteiger partial charge on any atom is 0.244 e. The van der Waals surface area contributed by atoms with E-state index in [2.05, 4.69) is 5.10 Å². The van der Waals surface area contributed by atoms with Gasteiger partial charge in [0.2, 0.25) is 15.9 Å². The molecule has 0 unspecified atom stereocenters. The monoisotopic (exact) mass is 490 g/mol. The Labute approximate surface area is 197 Å². The van der Waals surface area contributed by atoms with Crippen molar-refractivity contribution in [1.82, 2.24) is 19.0 Å². The number of piperazine rings is 1. The number of aromatic nitrogens is 2. The molecule has 174 valence electrons.